The van der Waals surface area contributed by atoms with Gasteiger partial charge >= 0.3 is 0 Å². The van der Waals surface area contributed by atoms with Crippen molar-refractivity contribution in [3.05, 3.63) is 0 Å². The number of rotatable bonds is 7. The molecule has 0 rings (SSSR count). The molecule has 14 heavy (non-hydrogen) atoms. The number of halogens is 2. The van der Waals surface area contributed by atoms with Crippen LogP contribution in [-0.2, 0) is 9.47 Å². The van der Waals surface area contributed by atoms with Gasteiger partial charge in [-0.25, -0.2) is 8.78 Å². The maximum Gasteiger partial charge on any atom is 0.256 e. The lowest BCUT2D eigenvalue weighted by molar-refractivity contribution is -0.155. The minimum atomic E-state index is -2.58. The van der Waals surface area contributed by atoms with Crippen LogP contribution in [-0.4, -0.2) is 31.5 Å². The van der Waals surface area contributed by atoms with Crippen LogP contribution in [0, 0.1) is 0 Å². The van der Waals surface area contributed by atoms with Gasteiger partial charge in [0.2, 0.25) is 0 Å². The van der Waals surface area contributed by atoms with Crippen LogP contribution >= 0.6 is 0 Å². The second-order valence-corrected chi connectivity index (χ2v) is 3.35. The third-order valence-electron chi connectivity index (χ3n) is 1.81. The highest BCUT2D eigenvalue weighted by Crippen LogP contribution is 2.20. The molecule has 2 N–H and O–H groups in total. The summed E-state index contributed by atoms with van der Waals surface area (Å²) in [5.74, 6) is 0. The molecule has 5 heteroatoms. The molecule has 0 fully saturated rings. The topological polar surface area (TPSA) is 44.5 Å². The van der Waals surface area contributed by atoms with E-state index in [1.54, 1.807) is 13.8 Å². The lowest BCUT2D eigenvalue weighted by Crippen LogP contribution is -2.47. The van der Waals surface area contributed by atoms with Gasteiger partial charge in [-0.3, -0.25) is 0 Å². The summed E-state index contributed by atoms with van der Waals surface area (Å²) < 4.78 is 35.1. The van der Waals surface area contributed by atoms with E-state index in [1.807, 2.05) is 0 Å². The number of alkyl halides is 2. The predicted octanol–water partition coefficient (Wildman–Crippen LogP) is 1.76. The highest BCUT2D eigenvalue weighted by molar-refractivity contribution is 4.82. The van der Waals surface area contributed by atoms with Crippen LogP contribution in [0.3, 0.4) is 0 Å². The molecule has 0 aliphatic rings. The molecule has 0 amide bonds. The summed E-state index contributed by atoms with van der Waals surface area (Å²) >= 11 is 0. The average Bonchev–Trinajstić information content (AvgIpc) is 2.04. The minimum absolute atomic E-state index is 0.00759. The van der Waals surface area contributed by atoms with E-state index in [2.05, 4.69) is 0 Å². The second kappa shape index (κ2) is 6.27. The summed E-state index contributed by atoms with van der Waals surface area (Å²) in [5, 5.41) is 0. The highest BCUT2D eigenvalue weighted by atomic mass is 19.3. The normalized spacial score (nSPS) is 16.3. The van der Waals surface area contributed by atoms with E-state index in [0.717, 1.165) is 0 Å². The van der Waals surface area contributed by atoms with Crippen LogP contribution in [0.5, 0.6) is 0 Å². The van der Waals surface area contributed by atoms with E-state index >= 15 is 0 Å². The van der Waals surface area contributed by atoms with Crippen molar-refractivity contribution in [3.63, 3.8) is 0 Å². The Labute approximate surface area is 83.6 Å². The van der Waals surface area contributed by atoms with Gasteiger partial charge in [-0.15, -0.1) is 0 Å². The van der Waals surface area contributed by atoms with E-state index in [0.29, 0.717) is 13.2 Å². The summed E-state index contributed by atoms with van der Waals surface area (Å²) in [6.07, 6.45) is -3.23. The van der Waals surface area contributed by atoms with E-state index < -0.39 is 18.3 Å². The van der Waals surface area contributed by atoms with Gasteiger partial charge in [0.05, 0.1) is 5.54 Å². The molecule has 0 saturated carbocycles. The smallest absolute Gasteiger partial charge is 0.256 e. The lowest BCUT2D eigenvalue weighted by Gasteiger charge is -2.28. The second-order valence-electron chi connectivity index (χ2n) is 3.35. The number of hydrogen-bond acceptors (Lipinski definition) is 3. The Morgan fingerprint density at radius 2 is 1.64 bits per heavy atom. The van der Waals surface area contributed by atoms with Crippen molar-refractivity contribution < 1.29 is 18.3 Å². The Balaban J connectivity index is 4.12. The molecule has 1 atom stereocenters. The van der Waals surface area contributed by atoms with Crippen LogP contribution in [0.4, 0.5) is 8.78 Å². The average molecular weight is 211 g/mol. The Bertz CT molecular complexity index is 148. The first-order valence-electron chi connectivity index (χ1n) is 4.74. The Hall–Kier alpha value is -0.260. The summed E-state index contributed by atoms with van der Waals surface area (Å²) in [6, 6.07) is 0. The monoisotopic (exact) mass is 211 g/mol. The molecule has 0 aromatic heterocycles. The van der Waals surface area contributed by atoms with Crippen molar-refractivity contribution in [1.82, 2.24) is 0 Å². The van der Waals surface area contributed by atoms with Crippen LogP contribution < -0.4 is 5.73 Å². The molecule has 0 radical (unpaired) electrons. The summed E-state index contributed by atoms with van der Waals surface area (Å²) in [4.78, 5) is 0. The largest absolute Gasteiger partial charge is 0.353 e. The van der Waals surface area contributed by atoms with E-state index in [1.165, 1.54) is 6.92 Å². The molecule has 0 aromatic rings. The number of hydrogen-bond donors (Lipinski definition) is 1. The van der Waals surface area contributed by atoms with Gasteiger partial charge in [0.25, 0.3) is 6.43 Å². The first-order valence-corrected chi connectivity index (χ1v) is 4.74. The molecular formula is C9H19F2NO2. The maximum absolute atomic E-state index is 12.4. The first-order chi connectivity index (χ1) is 6.44. The molecule has 0 heterocycles. The molecule has 0 aliphatic heterocycles. The fourth-order valence-corrected chi connectivity index (χ4v) is 0.986. The molecule has 0 spiro atoms. The molecule has 0 saturated heterocycles. The Morgan fingerprint density at radius 3 is 1.93 bits per heavy atom. The predicted molar refractivity (Wildman–Crippen MR) is 50.3 cm³/mol. The van der Waals surface area contributed by atoms with E-state index in [-0.39, 0.29) is 6.42 Å². The standard InChI is InChI=1S/C9H19F2NO2/c1-4-13-7(14-5-2)6-9(3,12)8(10)11/h7-8H,4-6,12H2,1-3H3. The molecule has 0 aromatic carbocycles. The maximum atomic E-state index is 12.4. The van der Waals surface area contributed by atoms with Gasteiger partial charge in [0, 0.05) is 19.6 Å². The Morgan fingerprint density at radius 1 is 1.21 bits per heavy atom. The minimum Gasteiger partial charge on any atom is -0.353 e. The molecule has 3 nitrogen and oxygen atoms in total. The van der Waals surface area contributed by atoms with Gasteiger partial charge in [0.15, 0.2) is 6.29 Å². The van der Waals surface area contributed by atoms with Crippen molar-refractivity contribution >= 4 is 0 Å². The number of ether oxygens (including phenoxy) is 2. The molecule has 86 valence electrons. The molecule has 1 unspecified atom stereocenters. The fourth-order valence-electron chi connectivity index (χ4n) is 0.986. The lowest BCUT2D eigenvalue weighted by atomic mass is 10.00. The molecular weight excluding hydrogens is 192 g/mol. The third-order valence-corrected chi connectivity index (χ3v) is 1.81. The zero-order valence-corrected chi connectivity index (χ0v) is 8.93. The van der Waals surface area contributed by atoms with Gasteiger partial charge < -0.3 is 15.2 Å². The van der Waals surface area contributed by atoms with Gasteiger partial charge in [-0.05, 0) is 20.8 Å². The fraction of sp³-hybridized carbons (Fsp3) is 1.00. The highest BCUT2D eigenvalue weighted by Gasteiger charge is 2.33. The zero-order valence-electron chi connectivity index (χ0n) is 8.93. The zero-order chi connectivity index (χ0) is 11.2. The summed E-state index contributed by atoms with van der Waals surface area (Å²) in [6.45, 7) is 5.70. The quantitative estimate of drug-likeness (QED) is 0.652. The van der Waals surface area contributed by atoms with Crippen molar-refractivity contribution in [2.45, 2.75) is 45.4 Å². The van der Waals surface area contributed by atoms with Gasteiger partial charge in [-0.1, -0.05) is 0 Å². The molecule has 0 aliphatic carbocycles. The van der Waals surface area contributed by atoms with Crippen LogP contribution in [0.1, 0.15) is 27.2 Å². The summed E-state index contributed by atoms with van der Waals surface area (Å²) in [5.41, 5.74) is 3.85. The van der Waals surface area contributed by atoms with Gasteiger partial charge in [0.1, 0.15) is 0 Å². The van der Waals surface area contributed by atoms with Crippen LogP contribution in [0.15, 0.2) is 0 Å². The third kappa shape index (κ3) is 4.83. The first kappa shape index (κ1) is 13.7. The number of nitrogens with two attached hydrogens (primary N) is 1. The van der Waals surface area contributed by atoms with Crippen molar-refractivity contribution in [1.29, 1.82) is 0 Å². The van der Waals surface area contributed by atoms with Crippen LogP contribution in [0.25, 0.3) is 0 Å². The molecule has 0 bridgehead atoms. The van der Waals surface area contributed by atoms with Crippen LogP contribution in [0.2, 0.25) is 0 Å². The van der Waals surface area contributed by atoms with Crippen molar-refractivity contribution in [2.75, 3.05) is 13.2 Å². The van der Waals surface area contributed by atoms with Crippen molar-refractivity contribution in [2.24, 2.45) is 5.73 Å². The SMILES string of the molecule is CCOC(CC(C)(N)C(F)F)OCC. The Kier molecular flexibility index (Phi) is 6.15. The summed E-state index contributed by atoms with van der Waals surface area (Å²) in [7, 11) is 0. The van der Waals surface area contributed by atoms with E-state index in [4.69, 9.17) is 15.2 Å². The van der Waals surface area contributed by atoms with Crippen molar-refractivity contribution in [3.8, 4) is 0 Å². The van der Waals surface area contributed by atoms with Gasteiger partial charge in [-0.2, -0.15) is 0 Å². The van der Waals surface area contributed by atoms with E-state index in [9.17, 15) is 8.78 Å².